The van der Waals surface area contributed by atoms with Crippen LogP contribution in [0.25, 0.3) is 11.4 Å². The third-order valence-electron chi connectivity index (χ3n) is 4.04. The lowest BCUT2D eigenvalue weighted by atomic mass is 10.1. The van der Waals surface area contributed by atoms with Crippen molar-refractivity contribution in [3.63, 3.8) is 0 Å². The number of hydrogen-bond acceptors (Lipinski definition) is 4. The fourth-order valence-corrected chi connectivity index (χ4v) is 3.05. The zero-order chi connectivity index (χ0) is 18.4. The van der Waals surface area contributed by atoms with Crippen LogP contribution in [0.15, 0.2) is 53.7 Å². The zero-order valence-electron chi connectivity index (χ0n) is 15.0. The van der Waals surface area contributed by atoms with Gasteiger partial charge in [-0.25, -0.2) is 4.98 Å². The van der Waals surface area contributed by atoms with E-state index in [4.69, 9.17) is 0 Å². The maximum atomic E-state index is 12.0. The molecule has 0 saturated carbocycles. The molecular formula is C20H22N4OS. The molecule has 3 aromatic rings. The summed E-state index contributed by atoms with van der Waals surface area (Å²) in [6.07, 6.45) is 1.01. The van der Waals surface area contributed by atoms with E-state index in [-0.39, 0.29) is 11.7 Å². The number of nitrogens with zero attached hydrogens (tertiary/aromatic N) is 2. The summed E-state index contributed by atoms with van der Waals surface area (Å²) in [5.41, 5.74) is 4.57. The minimum absolute atomic E-state index is 0.0331. The topological polar surface area (TPSA) is 70.7 Å². The van der Waals surface area contributed by atoms with Gasteiger partial charge in [0.2, 0.25) is 11.1 Å². The van der Waals surface area contributed by atoms with Crippen molar-refractivity contribution in [2.24, 2.45) is 0 Å². The van der Waals surface area contributed by atoms with Gasteiger partial charge in [-0.05, 0) is 24.5 Å². The Morgan fingerprint density at radius 3 is 2.46 bits per heavy atom. The van der Waals surface area contributed by atoms with Gasteiger partial charge in [-0.15, -0.1) is 5.10 Å². The van der Waals surface area contributed by atoms with Gasteiger partial charge >= 0.3 is 0 Å². The molecule has 0 atom stereocenters. The Morgan fingerprint density at radius 2 is 1.77 bits per heavy atom. The Labute approximate surface area is 157 Å². The number of nitrogens with one attached hydrogen (secondary N) is 2. The van der Waals surface area contributed by atoms with Crippen molar-refractivity contribution in [2.45, 2.75) is 32.0 Å². The van der Waals surface area contributed by atoms with Gasteiger partial charge in [0, 0.05) is 12.1 Å². The molecule has 3 rings (SSSR count). The summed E-state index contributed by atoms with van der Waals surface area (Å²) in [6.45, 7) is 4.70. The number of amides is 1. The average molecular weight is 366 g/mol. The number of benzene rings is 2. The van der Waals surface area contributed by atoms with Crippen LogP contribution in [-0.2, 0) is 17.8 Å². The second-order valence-corrected chi connectivity index (χ2v) is 7.01. The Morgan fingerprint density at radius 1 is 1.08 bits per heavy atom. The standard InChI is InChI=1S/C20H22N4OS/c1-3-15-8-10-17(11-9-15)19-22-20(24-23-19)26-13-18(25)21-12-16-6-4-14(2)5-7-16/h4-11H,3,12-13H2,1-2H3,(H,21,25)(H,22,23,24). The molecule has 6 heteroatoms. The number of aromatic nitrogens is 3. The van der Waals surface area contributed by atoms with Crippen LogP contribution < -0.4 is 5.32 Å². The fraction of sp³-hybridized carbons (Fsp3) is 0.250. The largest absolute Gasteiger partial charge is 0.351 e. The highest BCUT2D eigenvalue weighted by Gasteiger charge is 2.09. The molecule has 0 bridgehead atoms. The molecule has 0 spiro atoms. The molecule has 0 aliphatic rings. The van der Waals surface area contributed by atoms with Gasteiger partial charge in [0.15, 0.2) is 5.82 Å². The van der Waals surface area contributed by atoms with Crippen molar-refractivity contribution in [1.82, 2.24) is 20.5 Å². The van der Waals surface area contributed by atoms with Crippen molar-refractivity contribution in [1.29, 1.82) is 0 Å². The van der Waals surface area contributed by atoms with E-state index in [1.807, 2.05) is 43.3 Å². The first-order chi connectivity index (χ1) is 12.6. The number of aromatic amines is 1. The van der Waals surface area contributed by atoms with E-state index >= 15 is 0 Å². The molecular weight excluding hydrogens is 344 g/mol. The van der Waals surface area contributed by atoms with E-state index in [9.17, 15) is 4.79 Å². The van der Waals surface area contributed by atoms with Crippen molar-refractivity contribution >= 4 is 17.7 Å². The molecule has 134 valence electrons. The number of carbonyl (C=O) groups excluding carboxylic acids is 1. The smallest absolute Gasteiger partial charge is 0.230 e. The predicted molar refractivity (Wildman–Crippen MR) is 105 cm³/mol. The lowest BCUT2D eigenvalue weighted by Gasteiger charge is -2.04. The second-order valence-electron chi connectivity index (χ2n) is 6.07. The molecule has 5 nitrogen and oxygen atoms in total. The summed E-state index contributed by atoms with van der Waals surface area (Å²) >= 11 is 1.32. The number of H-pyrrole nitrogens is 1. The van der Waals surface area contributed by atoms with Crippen LogP contribution in [0.3, 0.4) is 0 Å². The third kappa shape index (κ3) is 4.95. The number of thioether (sulfide) groups is 1. The minimum Gasteiger partial charge on any atom is -0.351 e. The highest BCUT2D eigenvalue weighted by atomic mass is 32.2. The molecule has 0 radical (unpaired) electrons. The maximum absolute atomic E-state index is 12.0. The van der Waals surface area contributed by atoms with Crippen molar-refractivity contribution in [3.8, 4) is 11.4 Å². The van der Waals surface area contributed by atoms with Gasteiger partial charge in [0.25, 0.3) is 0 Å². The normalized spacial score (nSPS) is 10.7. The zero-order valence-corrected chi connectivity index (χ0v) is 15.8. The first-order valence-electron chi connectivity index (χ1n) is 8.61. The van der Waals surface area contributed by atoms with Crippen LogP contribution in [0.2, 0.25) is 0 Å². The van der Waals surface area contributed by atoms with Crippen LogP contribution in [0, 0.1) is 6.92 Å². The molecule has 0 unspecified atom stereocenters. The van der Waals surface area contributed by atoms with Crippen molar-refractivity contribution in [2.75, 3.05) is 5.75 Å². The van der Waals surface area contributed by atoms with Gasteiger partial charge in [0.1, 0.15) is 0 Å². The number of hydrogen-bond donors (Lipinski definition) is 2. The van der Waals surface area contributed by atoms with E-state index in [2.05, 4.69) is 39.6 Å². The molecule has 1 heterocycles. The quantitative estimate of drug-likeness (QED) is 0.625. The highest BCUT2D eigenvalue weighted by molar-refractivity contribution is 7.99. The Hall–Kier alpha value is -2.60. The van der Waals surface area contributed by atoms with E-state index < -0.39 is 0 Å². The molecule has 1 aromatic heterocycles. The SMILES string of the molecule is CCc1ccc(-c2nc(SCC(=O)NCc3ccc(C)cc3)n[nH]2)cc1. The second kappa shape index (κ2) is 8.67. The lowest BCUT2D eigenvalue weighted by Crippen LogP contribution is -2.24. The minimum atomic E-state index is -0.0331. The van der Waals surface area contributed by atoms with Crippen LogP contribution in [0.4, 0.5) is 0 Å². The molecule has 2 N–H and O–H groups in total. The summed E-state index contributed by atoms with van der Waals surface area (Å²) in [7, 11) is 0. The third-order valence-corrected chi connectivity index (χ3v) is 4.89. The van der Waals surface area contributed by atoms with Crippen LogP contribution >= 0.6 is 11.8 Å². The number of carbonyl (C=O) groups is 1. The van der Waals surface area contributed by atoms with Crippen LogP contribution in [-0.4, -0.2) is 26.8 Å². The van der Waals surface area contributed by atoms with Crippen molar-refractivity contribution < 1.29 is 4.79 Å². The molecule has 0 fully saturated rings. The summed E-state index contributed by atoms with van der Waals surface area (Å²) < 4.78 is 0. The van der Waals surface area contributed by atoms with E-state index in [1.54, 1.807) is 0 Å². The lowest BCUT2D eigenvalue weighted by molar-refractivity contribution is -0.118. The van der Waals surface area contributed by atoms with E-state index in [0.29, 0.717) is 11.7 Å². The Balaban J connectivity index is 1.49. The van der Waals surface area contributed by atoms with Crippen LogP contribution in [0.5, 0.6) is 0 Å². The van der Waals surface area contributed by atoms with Gasteiger partial charge in [-0.1, -0.05) is 72.8 Å². The van der Waals surface area contributed by atoms with Gasteiger partial charge in [0.05, 0.1) is 5.75 Å². The number of rotatable bonds is 7. The Bertz CT molecular complexity index is 856. The van der Waals surface area contributed by atoms with Crippen LogP contribution in [0.1, 0.15) is 23.6 Å². The first kappa shape index (κ1) is 18.2. The number of aryl methyl sites for hydroxylation is 2. The monoisotopic (exact) mass is 366 g/mol. The molecule has 0 aliphatic carbocycles. The van der Waals surface area contributed by atoms with Crippen molar-refractivity contribution in [3.05, 3.63) is 65.2 Å². The summed E-state index contributed by atoms with van der Waals surface area (Å²) in [4.78, 5) is 16.5. The van der Waals surface area contributed by atoms with Gasteiger partial charge in [-0.3, -0.25) is 9.89 Å². The van der Waals surface area contributed by atoms with E-state index in [0.717, 1.165) is 23.4 Å². The molecule has 26 heavy (non-hydrogen) atoms. The molecule has 0 saturated heterocycles. The Kier molecular flexibility index (Phi) is 6.07. The summed E-state index contributed by atoms with van der Waals surface area (Å²) in [5, 5.41) is 10.6. The summed E-state index contributed by atoms with van der Waals surface area (Å²) in [6, 6.07) is 16.4. The molecule has 2 aromatic carbocycles. The molecule has 1 amide bonds. The predicted octanol–water partition coefficient (Wildman–Crippen LogP) is 3.75. The fourth-order valence-electron chi connectivity index (χ4n) is 2.43. The first-order valence-corrected chi connectivity index (χ1v) is 9.59. The van der Waals surface area contributed by atoms with E-state index in [1.165, 1.54) is 22.9 Å². The highest BCUT2D eigenvalue weighted by Crippen LogP contribution is 2.19. The summed E-state index contributed by atoms with van der Waals surface area (Å²) in [5.74, 6) is 0.974. The van der Waals surface area contributed by atoms with Gasteiger partial charge < -0.3 is 5.32 Å². The average Bonchev–Trinajstić information content (AvgIpc) is 3.15. The van der Waals surface area contributed by atoms with Gasteiger partial charge in [-0.2, -0.15) is 0 Å². The maximum Gasteiger partial charge on any atom is 0.230 e. The molecule has 0 aliphatic heterocycles.